The van der Waals surface area contributed by atoms with Crippen molar-refractivity contribution in [3.8, 4) is 11.3 Å². The van der Waals surface area contributed by atoms with Crippen molar-refractivity contribution in [3.05, 3.63) is 36.2 Å². The lowest BCUT2D eigenvalue weighted by atomic mass is 10.1. The third kappa shape index (κ3) is 6.14. The predicted octanol–water partition coefficient (Wildman–Crippen LogP) is 2.88. The van der Waals surface area contributed by atoms with Gasteiger partial charge in [0.05, 0.1) is 23.2 Å². The van der Waals surface area contributed by atoms with Gasteiger partial charge < -0.3 is 20.7 Å². The maximum Gasteiger partial charge on any atom is 0.419 e. The summed E-state index contributed by atoms with van der Waals surface area (Å²) in [6.45, 7) is 1.32. The first-order valence-corrected chi connectivity index (χ1v) is 12.0. The molecule has 1 fully saturated rings. The molecule has 0 bridgehead atoms. The fourth-order valence-corrected chi connectivity index (χ4v) is 4.23. The van der Waals surface area contributed by atoms with Gasteiger partial charge in [0.15, 0.2) is 0 Å². The molecule has 10 nitrogen and oxygen atoms in total. The van der Waals surface area contributed by atoms with Crippen LogP contribution in [-0.2, 0) is 21.0 Å². The Bertz CT molecular complexity index is 1260. The molecule has 1 aromatic carbocycles. The lowest BCUT2D eigenvalue weighted by Crippen LogP contribution is -2.38. The van der Waals surface area contributed by atoms with Gasteiger partial charge in [0.25, 0.3) is 6.47 Å². The lowest BCUT2D eigenvalue weighted by molar-refractivity contribution is -0.137. The Hall–Kier alpha value is -3.39. The molecule has 1 aliphatic heterocycles. The zero-order chi connectivity index (χ0) is 24.9. The van der Waals surface area contributed by atoms with Gasteiger partial charge in [-0.3, -0.25) is 9.52 Å². The molecule has 0 saturated carbocycles. The number of aromatic amines is 1. The number of hydrogen-bond acceptors (Lipinski definition) is 7. The minimum absolute atomic E-state index is 0.0202. The van der Waals surface area contributed by atoms with E-state index in [-0.39, 0.29) is 35.4 Å². The number of halogens is 3. The van der Waals surface area contributed by atoms with E-state index < -0.39 is 21.8 Å². The molecule has 0 radical (unpaired) electrons. The number of anilines is 2. The van der Waals surface area contributed by atoms with Crippen LogP contribution < -0.4 is 15.4 Å². The lowest BCUT2D eigenvalue weighted by Gasteiger charge is -2.24. The molecule has 0 amide bonds. The second-order valence-electron chi connectivity index (χ2n) is 7.55. The molecule has 1 saturated heterocycles. The van der Waals surface area contributed by atoms with Crippen LogP contribution in [0, 0.1) is 0 Å². The molecule has 0 unspecified atom stereocenters. The van der Waals surface area contributed by atoms with Crippen molar-refractivity contribution in [2.24, 2.45) is 0 Å². The third-order valence-corrected chi connectivity index (χ3v) is 5.58. The number of alkyl halides is 3. The van der Waals surface area contributed by atoms with E-state index in [1.807, 2.05) is 0 Å². The fraction of sp³-hybridized carbons (Fsp3) is 0.350. The van der Waals surface area contributed by atoms with E-state index in [4.69, 9.17) is 9.90 Å². The minimum Gasteiger partial charge on any atom is -0.483 e. The number of nitrogens with one attached hydrogen (secondary N) is 4. The van der Waals surface area contributed by atoms with Crippen LogP contribution in [0.4, 0.5) is 24.8 Å². The number of rotatable bonds is 5. The van der Waals surface area contributed by atoms with Gasteiger partial charge in [-0.2, -0.15) is 13.2 Å². The second kappa shape index (κ2) is 10.3. The van der Waals surface area contributed by atoms with Crippen molar-refractivity contribution < 1.29 is 31.5 Å². The number of carbonyl (C=O) groups is 1. The quantitative estimate of drug-likeness (QED) is 0.336. The fourth-order valence-electron chi connectivity index (χ4n) is 3.66. The summed E-state index contributed by atoms with van der Waals surface area (Å²) in [7, 11) is -3.57. The standard InChI is InChI=1S/C19H21F3N6O2S.CH2O2/c1-31(29,30)28-15-6-2-5-12-13(9-24-17(12)15)16-14(19(20,21)22)10-25-18(27-16)26-11-4-3-7-23-8-11;2-1-3/h2,5-6,9-11,23-24,28H,3-4,7-8H2,1H3,(H,25,26,27);1H,(H,2,3)/t11-;/m0./s1. The van der Waals surface area contributed by atoms with Crippen molar-refractivity contribution in [2.75, 3.05) is 29.4 Å². The number of para-hydroxylation sites is 1. The summed E-state index contributed by atoms with van der Waals surface area (Å²) >= 11 is 0. The van der Waals surface area contributed by atoms with Gasteiger partial charge >= 0.3 is 6.18 Å². The monoisotopic (exact) mass is 500 g/mol. The van der Waals surface area contributed by atoms with Crippen LogP contribution in [0.25, 0.3) is 22.2 Å². The molecule has 3 aromatic rings. The Labute approximate surface area is 193 Å². The highest BCUT2D eigenvalue weighted by Gasteiger charge is 2.36. The van der Waals surface area contributed by atoms with Gasteiger partial charge in [0.1, 0.15) is 5.56 Å². The molecule has 1 atom stereocenters. The zero-order valence-corrected chi connectivity index (χ0v) is 18.8. The number of piperidine rings is 1. The Morgan fingerprint density at radius 1 is 1.29 bits per heavy atom. The van der Waals surface area contributed by atoms with Crippen LogP contribution in [0.1, 0.15) is 18.4 Å². The van der Waals surface area contributed by atoms with Gasteiger partial charge in [-0.15, -0.1) is 0 Å². The van der Waals surface area contributed by atoms with Gasteiger partial charge in [-0.25, -0.2) is 18.4 Å². The van der Waals surface area contributed by atoms with E-state index in [1.165, 1.54) is 12.3 Å². The number of carboxylic acid groups (broad SMARTS) is 1. The van der Waals surface area contributed by atoms with Gasteiger partial charge in [-0.1, -0.05) is 12.1 Å². The van der Waals surface area contributed by atoms with E-state index in [1.54, 1.807) is 12.1 Å². The van der Waals surface area contributed by atoms with E-state index in [2.05, 4.69) is 30.3 Å². The van der Waals surface area contributed by atoms with Crippen molar-refractivity contribution in [1.29, 1.82) is 0 Å². The van der Waals surface area contributed by atoms with Crippen LogP contribution >= 0.6 is 0 Å². The predicted molar refractivity (Wildman–Crippen MR) is 121 cm³/mol. The average Bonchev–Trinajstić information content (AvgIpc) is 3.18. The first kappa shape index (κ1) is 25.2. The third-order valence-electron chi connectivity index (χ3n) is 4.99. The Balaban J connectivity index is 0.00000103. The summed E-state index contributed by atoms with van der Waals surface area (Å²) in [5.41, 5.74) is -0.452. The minimum atomic E-state index is -4.66. The molecule has 5 N–H and O–H groups in total. The summed E-state index contributed by atoms with van der Waals surface area (Å²) in [4.78, 5) is 19.3. The van der Waals surface area contributed by atoms with Crippen LogP contribution in [0.5, 0.6) is 0 Å². The number of hydrogen-bond donors (Lipinski definition) is 5. The maximum atomic E-state index is 13.7. The summed E-state index contributed by atoms with van der Waals surface area (Å²) in [5.74, 6) is 0.108. The van der Waals surface area contributed by atoms with Crippen LogP contribution in [0.3, 0.4) is 0 Å². The van der Waals surface area contributed by atoms with E-state index in [0.717, 1.165) is 31.8 Å². The van der Waals surface area contributed by atoms with Gasteiger partial charge in [-0.05, 0) is 25.5 Å². The van der Waals surface area contributed by atoms with Gasteiger partial charge in [0.2, 0.25) is 16.0 Å². The summed E-state index contributed by atoms with van der Waals surface area (Å²) in [6, 6.07) is 4.72. The molecular weight excluding hydrogens is 477 g/mol. The number of H-pyrrole nitrogens is 1. The largest absolute Gasteiger partial charge is 0.483 e. The molecule has 184 valence electrons. The molecular formula is C20H23F3N6O4S. The normalized spacial score (nSPS) is 16.4. The number of nitrogens with zero attached hydrogens (tertiary/aromatic N) is 2. The van der Waals surface area contributed by atoms with Crippen molar-refractivity contribution >= 4 is 39.0 Å². The van der Waals surface area contributed by atoms with Gasteiger partial charge in [0, 0.05) is 35.9 Å². The topological polar surface area (TPSA) is 149 Å². The van der Waals surface area contributed by atoms with Crippen molar-refractivity contribution in [2.45, 2.75) is 25.1 Å². The Kier molecular flexibility index (Phi) is 7.61. The van der Waals surface area contributed by atoms with E-state index >= 15 is 0 Å². The molecule has 0 aliphatic carbocycles. The summed E-state index contributed by atoms with van der Waals surface area (Å²) < 4.78 is 66.8. The number of benzene rings is 1. The number of sulfonamides is 1. The zero-order valence-electron chi connectivity index (χ0n) is 18.0. The summed E-state index contributed by atoms with van der Waals surface area (Å²) in [6.07, 6.45) is 0.316. The Morgan fingerprint density at radius 3 is 2.65 bits per heavy atom. The van der Waals surface area contributed by atoms with Crippen LogP contribution in [0.2, 0.25) is 0 Å². The smallest absolute Gasteiger partial charge is 0.419 e. The number of aromatic nitrogens is 3. The molecule has 0 spiro atoms. The van der Waals surface area contributed by atoms with Crippen molar-refractivity contribution in [1.82, 2.24) is 20.3 Å². The van der Waals surface area contributed by atoms with E-state index in [9.17, 15) is 21.6 Å². The summed E-state index contributed by atoms with van der Waals surface area (Å²) in [5, 5.41) is 13.6. The molecule has 14 heteroatoms. The van der Waals surface area contributed by atoms with Crippen LogP contribution in [0.15, 0.2) is 30.6 Å². The van der Waals surface area contributed by atoms with E-state index in [0.29, 0.717) is 17.4 Å². The second-order valence-corrected chi connectivity index (χ2v) is 9.30. The molecule has 3 heterocycles. The molecule has 2 aromatic heterocycles. The average molecular weight is 501 g/mol. The maximum absolute atomic E-state index is 13.7. The highest BCUT2D eigenvalue weighted by atomic mass is 32.2. The number of fused-ring (bicyclic) bond motifs is 1. The highest BCUT2D eigenvalue weighted by Crippen LogP contribution is 2.39. The molecule has 4 rings (SSSR count). The van der Waals surface area contributed by atoms with Crippen LogP contribution in [-0.4, -0.2) is 60.3 Å². The molecule has 34 heavy (non-hydrogen) atoms. The highest BCUT2D eigenvalue weighted by molar-refractivity contribution is 7.92. The molecule has 1 aliphatic rings. The Morgan fingerprint density at radius 2 is 2.03 bits per heavy atom. The SMILES string of the molecule is CS(=O)(=O)Nc1cccc2c(-c3nc(N[C@H]4CCCNC4)ncc3C(F)(F)F)c[nH]c12.O=CO. The first-order valence-electron chi connectivity index (χ1n) is 10.1. The first-order chi connectivity index (χ1) is 16.0. The van der Waals surface area contributed by atoms with Crippen molar-refractivity contribution in [3.63, 3.8) is 0 Å².